The molecule has 0 spiro atoms. The number of nitrogens with zero attached hydrogens (tertiary/aromatic N) is 1. The lowest BCUT2D eigenvalue weighted by Crippen LogP contribution is -2.36. The van der Waals surface area contributed by atoms with Gasteiger partial charge in [-0.1, -0.05) is 48.1 Å². The molecule has 1 aliphatic carbocycles. The number of carbonyl (C=O) groups is 1. The molecule has 0 bridgehead atoms. The Bertz CT molecular complexity index is 803. The van der Waals surface area contributed by atoms with E-state index in [9.17, 15) is 4.79 Å². The number of aliphatic carboxylic acids is 1. The lowest BCUT2D eigenvalue weighted by Gasteiger charge is -2.36. The van der Waals surface area contributed by atoms with Crippen LogP contribution in [-0.2, 0) is 26.4 Å². The lowest BCUT2D eigenvalue weighted by atomic mass is 9.84. The topological polar surface area (TPSA) is 59.0 Å². The van der Waals surface area contributed by atoms with E-state index in [0.717, 1.165) is 57.3 Å². The van der Waals surface area contributed by atoms with Crippen molar-refractivity contribution in [1.29, 1.82) is 0 Å². The minimum Gasteiger partial charge on any atom is -0.493 e. The minimum atomic E-state index is -0.661. The van der Waals surface area contributed by atoms with Crippen LogP contribution >= 0.6 is 0 Å². The van der Waals surface area contributed by atoms with E-state index in [4.69, 9.17) is 14.6 Å². The molecule has 1 aromatic rings. The van der Waals surface area contributed by atoms with E-state index in [2.05, 4.69) is 47.4 Å². The van der Waals surface area contributed by atoms with Crippen molar-refractivity contribution in [2.45, 2.75) is 44.2 Å². The van der Waals surface area contributed by atoms with Crippen LogP contribution < -0.4 is 0 Å². The Morgan fingerprint density at radius 3 is 2.59 bits per heavy atom. The number of likely N-dealkylation sites (tertiary alicyclic amines) is 1. The van der Waals surface area contributed by atoms with Gasteiger partial charge in [-0.25, -0.2) is 0 Å². The van der Waals surface area contributed by atoms with Crippen LogP contribution in [0.15, 0.2) is 60.6 Å². The highest BCUT2D eigenvalue weighted by Gasteiger charge is 2.37. The summed E-state index contributed by atoms with van der Waals surface area (Å²) in [4.78, 5) is 13.5. The van der Waals surface area contributed by atoms with Gasteiger partial charge in [0.05, 0.1) is 5.92 Å². The molecule has 0 saturated carbocycles. The van der Waals surface area contributed by atoms with Crippen LogP contribution in [-0.4, -0.2) is 35.7 Å². The molecule has 1 unspecified atom stereocenters. The first-order valence-electron chi connectivity index (χ1n) is 10.5. The molecule has 1 N–H and O–H groups in total. The molecular weight excluding hydrogens is 366 g/mol. The molecule has 1 saturated heterocycles. The summed E-state index contributed by atoms with van der Waals surface area (Å²) in [5, 5.41) is 9.16. The van der Waals surface area contributed by atoms with Crippen molar-refractivity contribution in [3.8, 4) is 0 Å². The maximum atomic E-state index is 11.1. The Labute approximate surface area is 172 Å². The highest BCUT2D eigenvalue weighted by atomic mass is 16.6. The summed E-state index contributed by atoms with van der Waals surface area (Å²) in [6.45, 7) is 3.04. The monoisotopic (exact) mass is 395 g/mol. The third-order valence-corrected chi connectivity index (χ3v) is 6.20. The number of rotatable bonds is 6. The van der Waals surface area contributed by atoms with Gasteiger partial charge < -0.3 is 14.6 Å². The third-order valence-electron chi connectivity index (χ3n) is 6.20. The summed E-state index contributed by atoms with van der Waals surface area (Å²) >= 11 is 0. The number of piperidine rings is 1. The summed E-state index contributed by atoms with van der Waals surface area (Å²) in [5.74, 6) is -0.847. The Hall–Kier alpha value is -2.53. The molecule has 4 rings (SSSR count). The van der Waals surface area contributed by atoms with Crippen molar-refractivity contribution in [2.24, 2.45) is 5.92 Å². The van der Waals surface area contributed by atoms with E-state index in [1.807, 2.05) is 0 Å². The van der Waals surface area contributed by atoms with Gasteiger partial charge in [0.25, 0.3) is 0 Å². The minimum absolute atomic E-state index is 0.186. The molecule has 0 radical (unpaired) electrons. The number of carboxylic acid groups (broad SMARTS) is 1. The van der Waals surface area contributed by atoms with Crippen molar-refractivity contribution in [3.63, 3.8) is 0 Å². The second-order valence-electron chi connectivity index (χ2n) is 8.25. The van der Waals surface area contributed by atoms with Crippen LogP contribution in [0.3, 0.4) is 0 Å². The highest BCUT2D eigenvalue weighted by Crippen LogP contribution is 2.37. The molecular formula is C24H29NO4. The summed E-state index contributed by atoms with van der Waals surface area (Å²) in [5.41, 5.74) is 3.27. The zero-order valence-electron chi connectivity index (χ0n) is 16.8. The molecule has 5 heteroatoms. The zero-order chi connectivity index (χ0) is 20.1. The van der Waals surface area contributed by atoms with Gasteiger partial charge >= 0.3 is 5.97 Å². The number of hydrogen-bond acceptors (Lipinski definition) is 4. The van der Waals surface area contributed by atoms with Crippen molar-refractivity contribution < 1.29 is 19.4 Å². The average Bonchev–Trinajstić information content (AvgIpc) is 2.76. The Kier molecular flexibility index (Phi) is 6.05. The summed E-state index contributed by atoms with van der Waals surface area (Å²) in [6.07, 6.45) is 14.2. The first-order valence-corrected chi connectivity index (χ1v) is 10.5. The highest BCUT2D eigenvalue weighted by molar-refractivity contribution is 5.70. The van der Waals surface area contributed by atoms with Gasteiger partial charge in [-0.2, -0.15) is 0 Å². The number of carboxylic acids is 1. The fourth-order valence-electron chi connectivity index (χ4n) is 4.44. The van der Waals surface area contributed by atoms with E-state index < -0.39 is 11.6 Å². The van der Waals surface area contributed by atoms with Crippen molar-refractivity contribution in [2.75, 3.05) is 19.7 Å². The number of allylic oxidation sites excluding steroid dienone is 3. The standard InChI is InChI=1S/C24H29NO4/c26-23(27)21-10-12-25(13-11-21)17-20-6-8-22(9-7-20)24(18-28-14-15-29-24)16-19-4-2-1-3-5-19/h1-2,4,6-9,14-15,21H,3,5,10-13,16-18H2,(H,26,27). The van der Waals surface area contributed by atoms with Gasteiger partial charge in [0.1, 0.15) is 19.1 Å². The molecule has 1 aromatic carbocycles. The number of benzene rings is 1. The van der Waals surface area contributed by atoms with Gasteiger partial charge in [-0.05, 0) is 49.9 Å². The maximum absolute atomic E-state index is 11.1. The van der Waals surface area contributed by atoms with Crippen LogP contribution in [0.1, 0.15) is 43.2 Å². The quantitative estimate of drug-likeness (QED) is 0.775. The van der Waals surface area contributed by atoms with Gasteiger partial charge in [0, 0.05) is 13.0 Å². The SMILES string of the molecule is O=C(O)C1CCN(Cc2ccc(C3(CC4=CC=CCC4)COC=CO3)cc2)CC1. The first kappa shape index (κ1) is 19.8. The Morgan fingerprint density at radius 1 is 1.17 bits per heavy atom. The predicted molar refractivity (Wildman–Crippen MR) is 111 cm³/mol. The first-order chi connectivity index (χ1) is 14.1. The smallest absolute Gasteiger partial charge is 0.306 e. The largest absolute Gasteiger partial charge is 0.493 e. The van der Waals surface area contributed by atoms with Gasteiger partial charge in [0.15, 0.2) is 5.60 Å². The van der Waals surface area contributed by atoms with Gasteiger partial charge in [-0.3, -0.25) is 9.69 Å². The summed E-state index contributed by atoms with van der Waals surface area (Å²) < 4.78 is 11.8. The molecule has 5 nitrogen and oxygen atoms in total. The van der Waals surface area contributed by atoms with E-state index in [1.165, 1.54) is 11.1 Å². The fraction of sp³-hybridized carbons (Fsp3) is 0.458. The van der Waals surface area contributed by atoms with Crippen molar-refractivity contribution >= 4 is 5.97 Å². The molecule has 154 valence electrons. The summed E-state index contributed by atoms with van der Waals surface area (Å²) in [7, 11) is 0. The molecule has 29 heavy (non-hydrogen) atoms. The van der Waals surface area contributed by atoms with Crippen LogP contribution in [0, 0.1) is 5.92 Å². The third kappa shape index (κ3) is 4.73. The van der Waals surface area contributed by atoms with Crippen LogP contribution in [0.4, 0.5) is 0 Å². The second kappa shape index (κ2) is 8.87. The Morgan fingerprint density at radius 2 is 1.97 bits per heavy atom. The van der Waals surface area contributed by atoms with E-state index in [-0.39, 0.29) is 5.92 Å². The number of ether oxygens (including phenoxy) is 2. The maximum Gasteiger partial charge on any atom is 0.306 e. The average molecular weight is 395 g/mol. The van der Waals surface area contributed by atoms with Crippen LogP contribution in [0.25, 0.3) is 0 Å². The van der Waals surface area contributed by atoms with E-state index in [0.29, 0.717) is 6.61 Å². The van der Waals surface area contributed by atoms with E-state index in [1.54, 1.807) is 12.5 Å². The van der Waals surface area contributed by atoms with Gasteiger partial charge in [-0.15, -0.1) is 0 Å². The van der Waals surface area contributed by atoms with Crippen molar-refractivity contribution in [3.05, 3.63) is 71.7 Å². The van der Waals surface area contributed by atoms with Gasteiger partial charge in [0.2, 0.25) is 0 Å². The van der Waals surface area contributed by atoms with Crippen LogP contribution in [0.2, 0.25) is 0 Å². The molecule has 2 aliphatic heterocycles. The molecule has 2 heterocycles. The normalized spacial score (nSPS) is 25.2. The molecule has 0 aromatic heterocycles. The molecule has 0 amide bonds. The predicted octanol–water partition coefficient (Wildman–Crippen LogP) is 4.36. The molecule has 1 fully saturated rings. The molecule has 1 atom stereocenters. The van der Waals surface area contributed by atoms with Crippen LogP contribution in [0.5, 0.6) is 0 Å². The number of hydrogen-bond donors (Lipinski definition) is 1. The Balaban J connectivity index is 1.43. The second-order valence-corrected chi connectivity index (χ2v) is 8.25. The van der Waals surface area contributed by atoms with Crippen molar-refractivity contribution in [1.82, 2.24) is 4.90 Å². The summed E-state index contributed by atoms with van der Waals surface area (Å²) in [6, 6.07) is 8.64. The lowest BCUT2D eigenvalue weighted by molar-refractivity contribution is -0.143. The fourth-order valence-corrected chi connectivity index (χ4v) is 4.44. The van der Waals surface area contributed by atoms with E-state index >= 15 is 0 Å². The zero-order valence-corrected chi connectivity index (χ0v) is 16.8. The molecule has 3 aliphatic rings.